The molecule has 2 heterocycles. The van der Waals surface area contributed by atoms with Crippen LogP contribution in [0.3, 0.4) is 0 Å². The predicted molar refractivity (Wildman–Crippen MR) is 147 cm³/mol. The van der Waals surface area contributed by atoms with Gasteiger partial charge in [-0.15, -0.1) is 0 Å². The average Bonchev–Trinajstić information content (AvgIpc) is 2.89. The van der Waals surface area contributed by atoms with Gasteiger partial charge in [-0.3, -0.25) is 9.59 Å². The highest BCUT2D eigenvalue weighted by Crippen LogP contribution is 2.32. The van der Waals surface area contributed by atoms with Crippen LogP contribution in [0, 0.1) is 0 Å². The molecule has 1 aliphatic carbocycles. The lowest BCUT2D eigenvalue weighted by atomic mass is 9.90. The number of hydrogen-bond donors (Lipinski definition) is 3. The molecule has 2 aliphatic rings. The van der Waals surface area contributed by atoms with Crippen molar-refractivity contribution in [3.8, 4) is 0 Å². The first kappa shape index (κ1) is 24.3. The van der Waals surface area contributed by atoms with Crippen molar-refractivity contribution in [1.29, 1.82) is 0 Å². The van der Waals surface area contributed by atoms with Crippen LogP contribution < -0.4 is 16.0 Å². The van der Waals surface area contributed by atoms with Gasteiger partial charge in [-0.05, 0) is 79.5 Å². The van der Waals surface area contributed by atoms with Crippen LogP contribution >= 0.6 is 11.8 Å². The molecule has 3 aromatic rings. The Bertz CT molecular complexity index is 1280. The molecule has 0 unspecified atom stereocenters. The maximum atomic E-state index is 12.2. The minimum absolute atomic E-state index is 0.0433. The summed E-state index contributed by atoms with van der Waals surface area (Å²) in [6.45, 7) is 2.08. The van der Waals surface area contributed by atoms with Crippen LogP contribution in [0.4, 0.5) is 28.8 Å². The van der Waals surface area contributed by atoms with Crippen molar-refractivity contribution in [3.05, 3.63) is 64.8 Å². The number of thioether (sulfide) groups is 1. The van der Waals surface area contributed by atoms with Gasteiger partial charge in [-0.2, -0.15) is 16.7 Å². The molecule has 0 spiro atoms. The molecule has 7 nitrogen and oxygen atoms in total. The molecule has 2 aromatic carbocycles. The first-order valence-electron chi connectivity index (χ1n) is 12.7. The third-order valence-corrected chi connectivity index (χ3v) is 7.51. The van der Waals surface area contributed by atoms with E-state index >= 15 is 0 Å². The number of anilines is 5. The number of Topliss-reactive ketones (excluding diaryl/α,β-unsaturated/α-hetero) is 1. The summed E-state index contributed by atoms with van der Waals surface area (Å²) in [4.78, 5) is 33.8. The van der Waals surface area contributed by atoms with Gasteiger partial charge in [0.2, 0.25) is 11.9 Å². The van der Waals surface area contributed by atoms with Crippen LogP contribution in [0.1, 0.15) is 66.2 Å². The molecule has 0 fully saturated rings. The van der Waals surface area contributed by atoms with E-state index in [0.29, 0.717) is 18.8 Å². The van der Waals surface area contributed by atoms with E-state index in [0.717, 1.165) is 88.9 Å². The monoisotopic (exact) mass is 501 g/mol. The number of benzene rings is 2. The van der Waals surface area contributed by atoms with E-state index in [9.17, 15) is 9.59 Å². The Hall–Kier alpha value is -3.39. The fourth-order valence-corrected chi connectivity index (χ4v) is 5.57. The number of ketones is 1. The summed E-state index contributed by atoms with van der Waals surface area (Å²) in [6, 6.07) is 13.6. The third kappa shape index (κ3) is 5.70. The number of carbonyl (C=O) groups excluding carboxylic acids is 2. The second-order valence-electron chi connectivity index (χ2n) is 9.25. The van der Waals surface area contributed by atoms with Crippen molar-refractivity contribution in [2.75, 3.05) is 21.7 Å². The molecule has 0 bridgehead atoms. The first-order valence-corrected chi connectivity index (χ1v) is 13.8. The van der Waals surface area contributed by atoms with Crippen LogP contribution in [0.2, 0.25) is 0 Å². The fourth-order valence-electron chi connectivity index (χ4n) is 4.58. The Morgan fingerprint density at radius 1 is 0.972 bits per heavy atom. The quantitative estimate of drug-likeness (QED) is 0.329. The second-order valence-corrected chi connectivity index (χ2v) is 10.4. The SMILES string of the molecule is CCCCC(=O)Nc1ccc(Nc2nc(Nc3ccc4c(c3)CCCC4=O)nc3c2CSCC3)cc1. The number of nitrogens with one attached hydrogen (secondary N) is 3. The molecule has 8 heteroatoms. The lowest BCUT2D eigenvalue weighted by Gasteiger charge is -2.21. The fraction of sp³-hybridized carbons (Fsp3) is 0.357. The normalized spacial score (nSPS) is 14.5. The maximum absolute atomic E-state index is 12.2. The maximum Gasteiger partial charge on any atom is 0.229 e. The molecule has 0 atom stereocenters. The van der Waals surface area contributed by atoms with Crippen molar-refractivity contribution < 1.29 is 9.59 Å². The van der Waals surface area contributed by atoms with E-state index in [1.54, 1.807) is 0 Å². The third-order valence-electron chi connectivity index (χ3n) is 6.52. The van der Waals surface area contributed by atoms with Crippen LogP contribution in [-0.2, 0) is 23.4 Å². The van der Waals surface area contributed by atoms with E-state index < -0.39 is 0 Å². The Kier molecular flexibility index (Phi) is 7.51. The summed E-state index contributed by atoms with van der Waals surface area (Å²) in [5, 5.41) is 9.78. The molecule has 5 rings (SSSR count). The Morgan fingerprint density at radius 3 is 2.61 bits per heavy atom. The van der Waals surface area contributed by atoms with Gasteiger partial charge in [0.25, 0.3) is 0 Å². The zero-order valence-electron chi connectivity index (χ0n) is 20.5. The Morgan fingerprint density at radius 2 is 1.78 bits per heavy atom. The first-order chi connectivity index (χ1) is 17.6. The minimum Gasteiger partial charge on any atom is -0.340 e. The van der Waals surface area contributed by atoms with E-state index in [4.69, 9.17) is 9.97 Å². The zero-order valence-corrected chi connectivity index (χ0v) is 21.3. The van der Waals surface area contributed by atoms with Crippen molar-refractivity contribution in [2.24, 2.45) is 0 Å². The smallest absolute Gasteiger partial charge is 0.229 e. The lowest BCUT2D eigenvalue weighted by Crippen LogP contribution is -2.14. The van der Waals surface area contributed by atoms with Crippen LogP contribution in [0.15, 0.2) is 42.5 Å². The van der Waals surface area contributed by atoms with Crippen molar-refractivity contribution in [2.45, 2.75) is 57.6 Å². The predicted octanol–water partition coefficient (Wildman–Crippen LogP) is 6.40. The van der Waals surface area contributed by atoms with E-state index in [-0.39, 0.29) is 11.7 Å². The number of carbonyl (C=O) groups is 2. The minimum atomic E-state index is 0.0433. The van der Waals surface area contributed by atoms with Crippen LogP contribution in [-0.4, -0.2) is 27.4 Å². The lowest BCUT2D eigenvalue weighted by molar-refractivity contribution is -0.116. The highest BCUT2D eigenvalue weighted by Gasteiger charge is 2.20. The van der Waals surface area contributed by atoms with Crippen LogP contribution in [0.5, 0.6) is 0 Å². The standard InChI is InChI=1S/C28H31N5O2S/c1-2-3-7-26(35)29-19-8-10-20(11-9-19)30-27-23-17-36-15-14-24(23)32-28(33-27)31-21-12-13-22-18(16-21)5-4-6-25(22)34/h8-13,16H,2-7,14-15,17H2,1H3,(H,29,35)(H2,30,31,32,33). The molecule has 3 N–H and O–H groups in total. The zero-order chi connectivity index (χ0) is 24.9. The molecule has 1 aromatic heterocycles. The van der Waals surface area contributed by atoms with Crippen molar-refractivity contribution >= 4 is 52.3 Å². The number of hydrogen-bond acceptors (Lipinski definition) is 7. The molecular formula is C28H31N5O2S. The Balaban J connectivity index is 1.35. The van der Waals surface area contributed by atoms with Gasteiger partial charge < -0.3 is 16.0 Å². The summed E-state index contributed by atoms with van der Waals surface area (Å²) in [7, 11) is 0. The number of nitrogens with zero attached hydrogens (tertiary/aromatic N) is 2. The van der Waals surface area contributed by atoms with Crippen molar-refractivity contribution in [1.82, 2.24) is 9.97 Å². The molecule has 36 heavy (non-hydrogen) atoms. The van der Waals surface area contributed by atoms with Gasteiger partial charge in [0.15, 0.2) is 5.78 Å². The number of fused-ring (bicyclic) bond motifs is 2. The summed E-state index contributed by atoms with van der Waals surface area (Å²) in [6.07, 6.45) is 5.78. The number of rotatable bonds is 8. The van der Waals surface area contributed by atoms with Gasteiger partial charge in [-0.1, -0.05) is 13.3 Å². The van der Waals surface area contributed by atoms with E-state index in [2.05, 4.69) is 22.9 Å². The summed E-state index contributed by atoms with van der Waals surface area (Å²) < 4.78 is 0. The molecular weight excluding hydrogens is 470 g/mol. The second kappa shape index (κ2) is 11.1. The molecule has 0 saturated carbocycles. The van der Waals surface area contributed by atoms with E-state index in [1.807, 2.05) is 54.2 Å². The molecule has 186 valence electrons. The summed E-state index contributed by atoms with van der Waals surface area (Å²) in [5.41, 5.74) is 6.69. The average molecular weight is 502 g/mol. The number of aryl methyl sites for hydroxylation is 2. The van der Waals surface area contributed by atoms with Crippen molar-refractivity contribution in [3.63, 3.8) is 0 Å². The number of aromatic nitrogens is 2. The highest BCUT2D eigenvalue weighted by atomic mass is 32.2. The molecule has 0 saturated heterocycles. The Labute approximate surface area is 215 Å². The molecule has 1 aliphatic heterocycles. The molecule has 1 amide bonds. The number of amides is 1. The largest absolute Gasteiger partial charge is 0.340 e. The van der Waals surface area contributed by atoms with Gasteiger partial charge in [0, 0.05) is 46.8 Å². The summed E-state index contributed by atoms with van der Waals surface area (Å²) >= 11 is 1.88. The topological polar surface area (TPSA) is 96.0 Å². The van der Waals surface area contributed by atoms with Gasteiger partial charge in [-0.25, -0.2) is 4.98 Å². The van der Waals surface area contributed by atoms with E-state index in [1.165, 1.54) is 0 Å². The van der Waals surface area contributed by atoms with Gasteiger partial charge in [0.05, 0.1) is 5.69 Å². The number of unbranched alkanes of at least 4 members (excludes halogenated alkanes) is 1. The van der Waals surface area contributed by atoms with Gasteiger partial charge in [0.1, 0.15) is 5.82 Å². The summed E-state index contributed by atoms with van der Waals surface area (Å²) in [5.74, 6) is 3.51. The molecule has 0 radical (unpaired) electrons. The highest BCUT2D eigenvalue weighted by molar-refractivity contribution is 7.98. The van der Waals surface area contributed by atoms with Crippen LogP contribution in [0.25, 0.3) is 0 Å². The van der Waals surface area contributed by atoms with Gasteiger partial charge >= 0.3 is 0 Å².